The van der Waals surface area contributed by atoms with Crippen LogP contribution in [0.3, 0.4) is 0 Å². The summed E-state index contributed by atoms with van der Waals surface area (Å²) in [7, 11) is 1.61. The fourth-order valence-corrected chi connectivity index (χ4v) is 5.90. The number of rotatable bonds is 7. The number of amides is 2. The molecule has 4 rings (SSSR count). The molecule has 0 aromatic heterocycles. The number of nitrogens with zero attached hydrogens (tertiary/aromatic N) is 1. The highest BCUT2D eigenvalue weighted by Crippen LogP contribution is 2.48. The van der Waals surface area contributed by atoms with Crippen LogP contribution in [-0.2, 0) is 14.3 Å². The first-order valence-corrected chi connectivity index (χ1v) is 12.7. The SMILES string of the molecule is COCC[C@@H]([C@@H]1C[C@H]1C(=O)NC1CC(C)(C)Oc2c(Cl)cc(Cl)cc21)N1C(=N)NC(C)(C)CC1=O. The Morgan fingerprint density at radius 1 is 1.34 bits per heavy atom. The Morgan fingerprint density at radius 2 is 2.06 bits per heavy atom. The lowest BCUT2D eigenvalue weighted by molar-refractivity contribution is -0.133. The molecule has 1 saturated heterocycles. The Hall–Kier alpha value is -2.03. The number of halogens is 2. The van der Waals surface area contributed by atoms with Gasteiger partial charge in [0.25, 0.3) is 0 Å². The zero-order valence-electron chi connectivity index (χ0n) is 20.8. The quantitative estimate of drug-likeness (QED) is 0.493. The Morgan fingerprint density at radius 3 is 2.71 bits per heavy atom. The van der Waals surface area contributed by atoms with Gasteiger partial charge in [-0.1, -0.05) is 23.2 Å². The highest BCUT2D eigenvalue weighted by Gasteiger charge is 2.53. The lowest BCUT2D eigenvalue weighted by Gasteiger charge is -2.42. The van der Waals surface area contributed by atoms with Crippen molar-refractivity contribution in [2.45, 2.75) is 76.6 Å². The molecule has 1 aliphatic carbocycles. The Kier molecular flexibility index (Phi) is 7.03. The average Bonchev–Trinajstić information content (AvgIpc) is 3.50. The summed E-state index contributed by atoms with van der Waals surface area (Å²) in [4.78, 5) is 27.9. The first kappa shape index (κ1) is 26.0. The average molecular weight is 525 g/mol. The van der Waals surface area contributed by atoms with Crippen LogP contribution < -0.4 is 15.4 Å². The zero-order chi connectivity index (χ0) is 25.7. The van der Waals surface area contributed by atoms with Gasteiger partial charge in [-0.25, -0.2) is 0 Å². The lowest BCUT2D eigenvalue weighted by Crippen LogP contribution is -2.63. The van der Waals surface area contributed by atoms with Crippen LogP contribution in [0.2, 0.25) is 10.0 Å². The highest BCUT2D eigenvalue weighted by atomic mass is 35.5. The standard InChI is InChI=1S/C25H34Cl2N4O4/c1-24(2)12-20(32)31(23(28)30-24)19(6-7-34-5)14-10-15(14)22(33)29-18-11-25(3,4)35-21-16(18)8-13(26)9-17(21)27/h8-9,14-15,18-19H,6-7,10-12H2,1-5H3,(H2,28,30)(H,29,33)/t14-,15-,18?,19+/m1/s1. The minimum Gasteiger partial charge on any atom is -0.486 e. The van der Waals surface area contributed by atoms with Gasteiger partial charge >= 0.3 is 0 Å². The Balaban J connectivity index is 1.51. The molecule has 1 aromatic rings. The Bertz CT molecular complexity index is 1020. The van der Waals surface area contributed by atoms with Gasteiger partial charge in [-0.3, -0.25) is 19.9 Å². The first-order valence-electron chi connectivity index (χ1n) is 12.0. The van der Waals surface area contributed by atoms with Crippen LogP contribution in [0.5, 0.6) is 5.75 Å². The van der Waals surface area contributed by atoms with E-state index in [1.807, 2.05) is 27.7 Å². The van der Waals surface area contributed by atoms with Crippen molar-refractivity contribution in [2.75, 3.05) is 13.7 Å². The molecule has 0 radical (unpaired) electrons. The molecular weight excluding hydrogens is 491 g/mol. The van der Waals surface area contributed by atoms with Gasteiger partial charge < -0.3 is 20.1 Å². The maximum Gasteiger partial charge on any atom is 0.231 e. The molecule has 0 spiro atoms. The molecule has 4 atom stereocenters. The summed E-state index contributed by atoms with van der Waals surface area (Å²) in [5, 5.41) is 15.7. The van der Waals surface area contributed by atoms with Crippen LogP contribution in [0.15, 0.2) is 12.1 Å². The molecule has 1 saturated carbocycles. The largest absolute Gasteiger partial charge is 0.486 e. The van der Waals surface area contributed by atoms with E-state index in [-0.39, 0.29) is 48.1 Å². The van der Waals surface area contributed by atoms with Crippen molar-refractivity contribution in [3.8, 4) is 5.75 Å². The molecule has 192 valence electrons. The van der Waals surface area contributed by atoms with E-state index in [2.05, 4.69) is 10.6 Å². The van der Waals surface area contributed by atoms with Crippen molar-refractivity contribution in [1.82, 2.24) is 15.5 Å². The zero-order valence-corrected chi connectivity index (χ0v) is 22.3. The minimum absolute atomic E-state index is 0.0484. The van der Waals surface area contributed by atoms with Crippen molar-refractivity contribution in [3.05, 3.63) is 27.7 Å². The molecule has 3 aliphatic rings. The highest BCUT2D eigenvalue weighted by molar-refractivity contribution is 6.35. The van der Waals surface area contributed by atoms with Gasteiger partial charge in [-0.15, -0.1) is 0 Å². The summed E-state index contributed by atoms with van der Waals surface area (Å²) in [6.45, 7) is 8.17. The summed E-state index contributed by atoms with van der Waals surface area (Å²) < 4.78 is 11.4. The molecule has 2 heterocycles. The van der Waals surface area contributed by atoms with Gasteiger partial charge in [0.05, 0.1) is 11.1 Å². The van der Waals surface area contributed by atoms with Crippen molar-refractivity contribution in [1.29, 1.82) is 5.41 Å². The first-order chi connectivity index (χ1) is 16.3. The third-order valence-electron chi connectivity index (χ3n) is 6.98. The predicted octanol–water partition coefficient (Wildman–Crippen LogP) is 4.29. The van der Waals surface area contributed by atoms with E-state index in [0.717, 1.165) is 5.56 Å². The maximum absolute atomic E-state index is 13.4. The number of hydrogen-bond donors (Lipinski definition) is 3. The maximum atomic E-state index is 13.4. The molecule has 2 fully saturated rings. The van der Waals surface area contributed by atoms with Crippen LogP contribution in [0, 0.1) is 17.2 Å². The summed E-state index contributed by atoms with van der Waals surface area (Å²) in [5.74, 6) is 0.151. The van der Waals surface area contributed by atoms with Crippen LogP contribution in [-0.4, -0.2) is 53.6 Å². The van der Waals surface area contributed by atoms with E-state index >= 15 is 0 Å². The number of fused-ring (bicyclic) bond motifs is 1. The predicted molar refractivity (Wildman–Crippen MR) is 135 cm³/mol. The second-order valence-corrected chi connectivity index (χ2v) is 11.9. The molecule has 0 bridgehead atoms. The van der Waals surface area contributed by atoms with Gasteiger partial charge in [0.1, 0.15) is 11.4 Å². The number of ether oxygens (including phenoxy) is 2. The van der Waals surface area contributed by atoms with E-state index in [1.165, 1.54) is 4.90 Å². The number of hydrogen-bond acceptors (Lipinski definition) is 5. The van der Waals surface area contributed by atoms with Gasteiger partial charge in [-0.2, -0.15) is 0 Å². The van der Waals surface area contributed by atoms with E-state index in [1.54, 1.807) is 19.2 Å². The topological polar surface area (TPSA) is 104 Å². The molecule has 1 aromatic carbocycles. The number of benzene rings is 1. The van der Waals surface area contributed by atoms with Gasteiger partial charge in [0.15, 0.2) is 5.96 Å². The molecule has 2 amide bonds. The van der Waals surface area contributed by atoms with Crippen LogP contribution in [0.25, 0.3) is 0 Å². The van der Waals surface area contributed by atoms with Crippen LogP contribution >= 0.6 is 23.2 Å². The van der Waals surface area contributed by atoms with Crippen molar-refractivity contribution >= 4 is 41.0 Å². The van der Waals surface area contributed by atoms with E-state index in [0.29, 0.717) is 41.7 Å². The second-order valence-electron chi connectivity index (χ2n) is 11.1. The molecule has 2 aliphatic heterocycles. The monoisotopic (exact) mass is 524 g/mol. The van der Waals surface area contributed by atoms with Crippen molar-refractivity contribution in [3.63, 3.8) is 0 Å². The number of carbonyl (C=O) groups excluding carboxylic acids is 2. The van der Waals surface area contributed by atoms with Gasteiger partial charge in [0.2, 0.25) is 11.8 Å². The number of nitrogens with one attached hydrogen (secondary N) is 3. The summed E-state index contributed by atoms with van der Waals surface area (Å²) in [6.07, 6.45) is 2.06. The molecule has 35 heavy (non-hydrogen) atoms. The minimum atomic E-state index is -0.514. The third kappa shape index (κ3) is 5.54. The third-order valence-corrected chi connectivity index (χ3v) is 7.48. The molecular formula is C25H34Cl2N4O4. The lowest BCUT2D eigenvalue weighted by atomic mass is 9.89. The fraction of sp³-hybridized carbons (Fsp3) is 0.640. The smallest absolute Gasteiger partial charge is 0.231 e. The van der Waals surface area contributed by atoms with Crippen LogP contribution in [0.4, 0.5) is 0 Å². The Labute approximate surface area is 216 Å². The molecule has 1 unspecified atom stereocenters. The van der Waals surface area contributed by atoms with Crippen molar-refractivity contribution in [2.24, 2.45) is 11.8 Å². The van der Waals surface area contributed by atoms with E-state index in [4.69, 9.17) is 38.1 Å². The van der Waals surface area contributed by atoms with E-state index in [9.17, 15) is 9.59 Å². The summed E-state index contributed by atoms with van der Waals surface area (Å²) in [5.41, 5.74) is -0.217. The van der Waals surface area contributed by atoms with Gasteiger partial charge in [-0.05, 0) is 58.6 Å². The number of guanidine groups is 1. The van der Waals surface area contributed by atoms with Gasteiger partial charge in [0, 0.05) is 54.6 Å². The molecule has 3 N–H and O–H groups in total. The second kappa shape index (κ2) is 9.45. The fourth-order valence-electron chi connectivity index (χ4n) is 5.35. The van der Waals surface area contributed by atoms with Crippen molar-refractivity contribution < 1.29 is 19.1 Å². The number of methoxy groups -OCH3 is 1. The molecule has 8 nitrogen and oxygen atoms in total. The summed E-state index contributed by atoms with van der Waals surface area (Å²) >= 11 is 12.6. The summed E-state index contributed by atoms with van der Waals surface area (Å²) in [6, 6.07) is 2.85. The van der Waals surface area contributed by atoms with E-state index < -0.39 is 11.1 Å². The van der Waals surface area contributed by atoms with Crippen LogP contribution in [0.1, 0.15) is 65.0 Å². The molecule has 10 heteroatoms. The normalized spacial score (nSPS) is 27.4. The number of carbonyl (C=O) groups is 2.